The highest BCUT2D eigenvalue weighted by Crippen LogP contribution is 2.35. The number of fused-ring (bicyclic) bond motifs is 1. The molecule has 0 radical (unpaired) electrons. The largest absolute Gasteiger partial charge is 0.377 e. The summed E-state index contributed by atoms with van der Waals surface area (Å²) in [4.78, 5) is 21.5. The molecule has 4 rings (SSSR count). The van der Waals surface area contributed by atoms with Crippen molar-refractivity contribution in [3.8, 4) is 11.1 Å². The van der Waals surface area contributed by atoms with E-state index < -0.39 is 0 Å². The molecule has 1 atom stereocenters. The van der Waals surface area contributed by atoms with E-state index in [-0.39, 0.29) is 0 Å². The van der Waals surface area contributed by atoms with E-state index in [9.17, 15) is 4.79 Å². The van der Waals surface area contributed by atoms with E-state index in [2.05, 4.69) is 51.3 Å². The molecule has 2 heterocycles. The second-order valence-electron chi connectivity index (χ2n) is 6.35. The summed E-state index contributed by atoms with van der Waals surface area (Å²) >= 11 is 0. The first kappa shape index (κ1) is 15.5. The Labute approximate surface area is 146 Å². The maximum absolute atomic E-state index is 10.6. The van der Waals surface area contributed by atoms with E-state index in [1.807, 2.05) is 18.5 Å². The third-order valence-corrected chi connectivity index (χ3v) is 4.78. The Bertz CT molecular complexity index is 921. The molecule has 124 valence electrons. The number of rotatable bonds is 4. The van der Waals surface area contributed by atoms with Crippen molar-refractivity contribution in [2.75, 3.05) is 13.1 Å². The fourth-order valence-corrected chi connectivity index (χ4v) is 3.57. The molecule has 0 bridgehead atoms. The van der Waals surface area contributed by atoms with Gasteiger partial charge in [-0.05, 0) is 41.3 Å². The molecule has 1 aliphatic rings. The van der Waals surface area contributed by atoms with E-state index in [1.54, 1.807) is 12.4 Å². The van der Waals surface area contributed by atoms with Gasteiger partial charge in [0.1, 0.15) is 12.6 Å². The number of aldehydes is 1. The number of likely N-dealkylation sites (tertiary alicyclic amines) is 1. The van der Waals surface area contributed by atoms with Crippen LogP contribution in [0.2, 0.25) is 0 Å². The first-order chi connectivity index (χ1) is 12.3. The molecule has 1 unspecified atom stereocenters. The normalized spacial score (nSPS) is 17.4. The van der Waals surface area contributed by atoms with Crippen LogP contribution in [0.4, 0.5) is 0 Å². The lowest BCUT2D eigenvalue weighted by atomic mass is 9.92. The topological polar surface area (TPSA) is 46.1 Å². The van der Waals surface area contributed by atoms with Crippen molar-refractivity contribution in [2.45, 2.75) is 12.3 Å². The smallest absolute Gasteiger partial charge is 0.144 e. The summed E-state index contributed by atoms with van der Waals surface area (Å²) in [7, 11) is 0. The van der Waals surface area contributed by atoms with Gasteiger partial charge in [-0.15, -0.1) is 0 Å². The van der Waals surface area contributed by atoms with Gasteiger partial charge in [-0.3, -0.25) is 4.79 Å². The maximum Gasteiger partial charge on any atom is 0.144 e. The van der Waals surface area contributed by atoms with Crippen molar-refractivity contribution in [3.05, 3.63) is 72.8 Å². The highest BCUT2D eigenvalue weighted by molar-refractivity contribution is 5.87. The van der Waals surface area contributed by atoms with Crippen LogP contribution in [0.3, 0.4) is 0 Å². The molecule has 1 saturated heterocycles. The van der Waals surface area contributed by atoms with Crippen LogP contribution in [0.5, 0.6) is 0 Å². The zero-order valence-corrected chi connectivity index (χ0v) is 13.9. The number of carbonyl (C=O) groups is 1. The SMILES string of the molecule is O=CC=CN1CCC(c2cc(-c3ccccc3)cc3cncnc23)C1. The number of aromatic nitrogens is 2. The molecule has 0 saturated carbocycles. The Hall–Kier alpha value is -3.01. The van der Waals surface area contributed by atoms with Gasteiger partial charge in [0.05, 0.1) is 5.52 Å². The molecule has 3 aromatic rings. The zero-order valence-electron chi connectivity index (χ0n) is 13.9. The Morgan fingerprint density at radius 1 is 1.12 bits per heavy atom. The number of hydrogen-bond donors (Lipinski definition) is 0. The summed E-state index contributed by atoms with van der Waals surface area (Å²) < 4.78 is 0. The molecule has 1 aliphatic heterocycles. The average molecular weight is 329 g/mol. The standard InChI is InChI=1S/C21H19N3O/c25-10-4-8-24-9-7-17(14-24)20-12-18(16-5-2-1-3-6-16)11-19-13-22-15-23-21(19)20/h1-6,8,10-13,15,17H,7,9,14H2. The summed E-state index contributed by atoms with van der Waals surface area (Å²) in [5.74, 6) is 0.400. The maximum atomic E-state index is 10.6. The first-order valence-corrected chi connectivity index (χ1v) is 8.50. The monoisotopic (exact) mass is 329 g/mol. The Kier molecular flexibility index (Phi) is 4.25. The highest BCUT2D eigenvalue weighted by atomic mass is 16.1. The van der Waals surface area contributed by atoms with Gasteiger partial charge in [-0.1, -0.05) is 30.3 Å². The van der Waals surface area contributed by atoms with Gasteiger partial charge in [0.2, 0.25) is 0 Å². The van der Waals surface area contributed by atoms with Crippen molar-refractivity contribution in [3.63, 3.8) is 0 Å². The first-order valence-electron chi connectivity index (χ1n) is 8.50. The van der Waals surface area contributed by atoms with Gasteiger partial charge in [0, 0.05) is 36.8 Å². The highest BCUT2D eigenvalue weighted by Gasteiger charge is 2.24. The third-order valence-electron chi connectivity index (χ3n) is 4.78. The van der Waals surface area contributed by atoms with Crippen LogP contribution in [0.15, 0.2) is 67.3 Å². The van der Waals surface area contributed by atoms with Gasteiger partial charge in [0.15, 0.2) is 0 Å². The van der Waals surface area contributed by atoms with E-state index in [4.69, 9.17) is 0 Å². The van der Waals surface area contributed by atoms with Gasteiger partial charge in [-0.25, -0.2) is 9.97 Å². The van der Waals surface area contributed by atoms with Crippen LogP contribution in [0, 0.1) is 0 Å². The van der Waals surface area contributed by atoms with E-state index in [0.29, 0.717) is 5.92 Å². The molecule has 25 heavy (non-hydrogen) atoms. The lowest BCUT2D eigenvalue weighted by Gasteiger charge is -2.16. The van der Waals surface area contributed by atoms with Crippen LogP contribution < -0.4 is 0 Å². The molecule has 1 fully saturated rings. The van der Waals surface area contributed by atoms with E-state index >= 15 is 0 Å². The van der Waals surface area contributed by atoms with Crippen molar-refractivity contribution in [1.82, 2.24) is 14.9 Å². The lowest BCUT2D eigenvalue weighted by Crippen LogP contribution is -2.13. The molecule has 4 nitrogen and oxygen atoms in total. The van der Waals surface area contributed by atoms with Gasteiger partial charge in [-0.2, -0.15) is 0 Å². The lowest BCUT2D eigenvalue weighted by molar-refractivity contribution is -0.104. The summed E-state index contributed by atoms with van der Waals surface area (Å²) in [6.07, 6.45) is 8.82. The fraction of sp³-hybridized carbons (Fsp3) is 0.190. The Balaban J connectivity index is 1.77. The van der Waals surface area contributed by atoms with Crippen LogP contribution in [0.1, 0.15) is 17.9 Å². The minimum atomic E-state index is 0.400. The third kappa shape index (κ3) is 3.15. The molecule has 4 heteroatoms. The van der Waals surface area contributed by atoms with Crippen molar-refractivity contribution < 1.29 is 4.79 Å². The quantitative estimate of drug-likeness (QED) is 0.539. The van der Waals surface area contributed by atoms with E-state index in [0.717, 1.165) is 36.7 Å². The number of hydrogen-bond acceptors (Lipinski definition) is 4. The van der Waals surface area contributed by atoms with Gasteiger partial charge < -0.3 is 4.90 Å². The minimum absolute atomic E-state index is 0.400. The zero-order chi connectivity index (χ0) is 17.1. The molecule has 2 aromatic carbocycles. The summed E-state index contributed by atoms with van der Waals surface area (Å²) in [5.41, 5.74) is 4.69. The molecule has 0 N–H and O–H groups in total. The number of allylic oxidation sites excluding steroid dienone is 1. The van der Waals surface area contributed by atoms with Crippen molar-refractivity contribution >= 4 is 17.2 Å². The minimum Gasteiger partial charge on any atom is -0.377 e. The molecular formula is C21H19N3O. The van der Waals surface area contributed by atoms with Crippen LogP contribution in [-0.2, 0) is 4.79 Å². The van der Waals surface area contributed by atoms with Gasteiger partial charge >= 0.3 is 0 Å². The Morgan fingerprint density at radius 2 is 2.00 bits per heavy atom. The van der Waals surface area contributed by atoms with Crippen LogP contribution in [0.25, 0.3) is 22.0 Å². The summed E-state index contributed by atoms with van der Waals surface area (Å²) in [6, 6.07) is 14.8. The Morgan fingerprint density at radius 3 is 2.84 bits per heavy atom. The molecule has 0 spiro atoms. The predicted molar refractivity (Wildman–Crippen MR) is 99.1 cm³/mol. The molecular weight excluding hydrogens is 310 g/mol. The number of carbonyl (C=O) groups excluding carboxylic acids is 1. The van der Waals surface area contributed by atoms with Gasteiger partial charge in [0.25, 0.3) is 0 Å². The molecule has 0 aliphatic carbocycles. The number of benzene rings is 2. The van der Waals surface area contributed by atoms with Crippen molar-refractivity contribution in [2.24, 2.45) is 0 Å². The van der Waals surface area contributed by atoms with Crippen LogP contribution >= 0.6 is 0 Å². The van der Waals surface area contributed by atoms with Crippen LogP contribution in [-0.4, -0.2) is 34.2 Å². The summed E-state index contributed by atoms with van der Waals surface area (Å²) in [6.45, 7) is 1.86. The predicted octanol–water partition coefficient (Wildman–Crippen LogP) is 3.80. The van der Waals surface area contributed by atoms with E-state index in [1.165, 1.54) is 16.7 Å². The second-order valence-corrected chi connectivity index (χ2v) is 6.35. The molecule has 0 amide bonds. The van der Waals surface area contributed by atoms with Crippen molar-refractivity contribution in [1.29, 1.82) is 0 Å². The average Bonchev–Trinajstić information content (AvgIpc) is 3.15. The summed E-state index contributed by atoms with van der Waals surface area (Å²) in [5, 5.41) is 1.07. The number of nitrogens with zero attached hydrogens (tertiary/aromatic N) is 3. The fourth-order valence-electron chi connectivity index (χ4n) is 3.57. The molecule has 1 aromatic heterocycles. The second kappa shape index (κ2) is 6.85.